The van der Waals surface area contributed by atoms with Crippen molar-refractivity contribution in [2.24, 2.45) is 5.92 Å². The van der Waals surface area contributed by atoms with Gasteiger partial charge in [0, 0.05) is 18.6 Å². The van der Waals surface area contributed by atoms with E-state index in [1.165, 1.54) is 0 Å². The number of aliphatic hydroxyl groups excluding tert-OH is 1. The zero-order valence-corrected chi connectivity index (χ0v) is 17.9. The van der Waals surface area contributed by atoms with Crippen molar-refractivity contribution in [1.82, 2.24) is 19.4 Å². The van der Waals surface area contributed by atoms with Crippen LogP contribution in [0, 0.1) is 5.92 Å². The number of nitrogens with zero attached hydrogens (tertiary/aromatic N) is 4. The molecule has 1 atom stereocenters. The smallest absolute Gasteiger partial charge is 0.407 e. The Morgan fingerprint density at radius 1 is 1.28 bits per heavy atom. The maximum absolute atomic E-state index is 11.5. The SMILES string of the molecule is CC(C)N(C[C@H]1CC[C@H](n2c([C@@H](C)O)nc3cnc4ccsc4c32)CC1)C(=O)O. The first kappa shape index (κ1) is 20.1. The zero-order valence-electron chi connectivity index (χ0n) is 17.1. The van der Waals surface area contributed by atoms with Crippen LogP contribution in [-0.4, -0.2) is 48.3 Å². The first-order valence-corrected chi connectivity index (χ1v) is 11.2. The van der Waals surface area contributed by atoms with E-state index in [1.54, 1.807) is 29.4 Å². The molecule has 1 aliphatic carbocycles. The Labute approximate surface area is 174 Å². The number of thiophene rings is 1. The molecule has 0 bridgehead atoms. The summed E-state index contributed by atoms with van der Waals surface area (Å²) in [6, 6.07) is 2.26. The van der Waals surface area contributed by atoms with E-state index >= 15 is 0 Å². The summed E-state index contributed by atoms with van der Waals surface area (Å²) in [5, 5.41) is 21.9. The molecule has 1 aliphatic rings. The molecule has 3 aromatic heterocycles. The Balaban J connectivity index is 1.62. The van der Waals surface area contributed by atoms with Crippen LogP contribution in [-0.2, 0) is 0 Å². The highest BCUT2D eigenvalue weighted by Gasteiger charge is 2.30. The van der Waals surface area contributed by atoms with E-state index in [4.69, 9.17) is 4.98 Å². The Kier molecular flexibility index (Phi) is 5.48. The van der Waals surface area contributed by atoms with E-state index in [1.807, 2.05) is 25.3 Å². The maximum Gasteiger partial charge on any atom is 0.407 e. The molecule has 0 saturated heterocycles. The average Bonchev–Trinajstić information content (AvgIpc) is 3.30. The minimum Gasteiger partial charge on any atom is -0.465 e. The molecule has 1 amide bonds. The molecule has 4 rings (SSSR count). The summed E-state index contributed by atoms with van der Waals surface area (Å²) in [7, 11) is 0. The molecular formula is C21H28N4O3S. The van der Waals surface area contributed by atoms with Crippen LogP contribution in [0.2, 0.25) is 0 Å². The predicted molar refractivity (Wildman–Crippen MR) is 114 cm³/mol. The van der Waals surface area contributed by atoms with Gasteiger partial charge >= 0.3 is 6.09 Å². The van der Waals surface area contributed by atoms with E-state index in [0.717, 1.165) is 46.9 Å². The molecular weight excluding hydrogens is 388 g/mol. The lowest BCUT2D eigenvalue weighted by molar-refractivity contribution is 0.111. The maximum atomic E-state index is 11.5. The van der Waals surface area contributed by atoms with Crippen molar-refractivity contribution in [2.45, 2.75) is 64.6 Å². The highest BCUT2D eigenvalue weighted by molar-refractivity contribution is 7.18. The van der Waals surface area contributed by atoms with Gasteiger partial charge in [-0.1, -0.05) is 0 Å². The van der Waals surface area contributed by atoms with Gasteiger partial charge in [0.25, 0.3) is 0 Å². The van der Waals surface area contributed by atoms with Gasteiger partial charge in [-0.05, 0) is 63.8 Å². The normalized spacial score (nSPS) is 21.1. The van der Waals surface area contributed by atoms with Gasteiger partial charge in [0.2, 0.25) is 0 Å². The molecule has 0 unspecified atom stereocenters. The minimum atomic E-state index is -0.841. The largest absolute Gasteiger partial charge is 0.465 e. The summed E-state index contributed by atoms with van der Waals surface area (Å²) >= 11 is 1.66. The Bertz CT molecular complexity index is 1020. The number of aromatic nitrogens is 3. The van der Waals surface area contributed by atoms with E-state index in [2.05, 4.69) is 9.55 Å². The highest BCUT2D eigenvalue weighted by Crippen LogP contribution is 2.39. The third-order valence-electron chi connectivity index (χ3n) is 6.03. The summed E-state index contributed by atoms with van der Waals surface area (Å²) < 4.78 is 3.34. The van der Waals surface area contributed by atoms with Gasteiger partial charge in [0.05, 0.1) is 21.9 Å². The molecule has 0 aromatic carbocycles. The fourth-order valence-corrected chi connectivity index (χ4v) is 5.42. The molecule has 1 saturated carbocycles. The molecule has 29 heavy (non-hydrogen) atoms. The molecule has 8 heteroatoms. The lowest BCUT2D eigenvalue weighted by Gasteiger charge is -2.34. The third-order valence-corrected chi connectivity index (χ3v) is 6.94. The van der Waals surface area contributed by atoms with E-state index in [0.29, 0.717) is 18.3 Å². The van der Waals surface area contributed by atoms with Crippen LogP contribution in [0.25, 0.3) is 21.3 Å². The minimum absolute atomic E-state index is 0.00994. The summed E-state index contributed by atoms with van der Waals surface area (Å²) in [4.78, 5) is 22.3. The fourth-order valence-electron chi connectivity index (χ4n) is 4.53. The van der Waals surface area contributed by atoms with Crippen LogP contribution in [0.1, 0.15) is 64.4 Å². The molecule has 2 N–H and O–H groups in total. The van der Waals surface area contributed by atoms with Gasteiger partial charge in [0.15, 0.2) is 0 Å². The number of fused-ring (bicyclic) bond motifs is 3. The molecule has 156 valence electrons. The lowest BCUT2D eigenvalue weighted by atomic mass is 9.85. The van der Waals surface area contributed by atoms with Crippen LogP contribution in [0.3, 0.4) is 0 Å². The van der Waals surface area contributed by atoms with Gasteiger partial charge < -0.3 is 19.7 Å². The standard InChI is InChI=1S/C21H28N4O3S/c1-12(2)24(21(27)28)11-14-4-6-15(7-5-14)25-18-17(23-20(25)13(3)26)10-22-16-8-9-29-19(16)18/h8-10,12-15,26H,4-7,11H2,1-3H3,(H,27,28)/t13-,14-,15-/m1/s1. The summed E-state index contributed by atoms with van der Waals surface area (Å²) in [6.07, 6.45) is 4.15. The molecule has 1 fully saturated rings. The van der Waals surface area contributed by atoms with Crippen molar-refractivity contribution in [3.8, 4) is 0 Å². The Morgan fingerprint density at radius 3 is 2.62 bits per heavy atom. The van der Waals surface area contributed by atoms with E-state index in [9.17, 15) is 15.0 Å². The van der Waals surface area contributed by atoms with Crippen molar-refractivity contribution in [3.63, 3.8) is 0 Å². The van der Waals surface area contributed by atoms with Crippen molar-refractivity contribution in [2.75, 3.05) is 6.54 Å². The number of aliphatic hydroxyl groups is 1. The fraction of sp³-hybridized carbons (Fsp3) is 0.571. The molecule has 3 aromatic rings. The van der Waals surface area contributed by atoms with Crippen LogP contribution in [0.15, 0.2) is 17.6 Å². The lowest BCUT2D eigenvalue weighted by Crippen LogP contribution is -2.40. The second-order valence-corrected chi connectivity index (χ2v) is 9.26. The molecule has 0 radical (unpaired) electrons. The number of carboxylic acid groups (broad SMARTS) is 1. The number of hydrogen-bond donors (Lipinski definition) is 2. The van der Waals surface area contributed by atoms with E-state index < -0.39 is 12.2 Å². The van der Waals surface area contributed by atoms with Gasteiger partial charge in [0.1, 0.15) is 17.4 Å². The number of amides is 1. The quantitative estimate of drug-likeness (QED) is 0.622. The second kappa shape index (κ2) is 7.91. The highest BCUT2D eigenvalue weighted by atomic mass is 32.1. The monoisotopic (exact) mass is 416 g/mol. The Hall–Kier alpha value is -2.19. The van der Waals surface area contributed by atoms with Gasteiger partial charge in [-0.25, -0.2) is 9.78 Å². The number of carbonyl (C=O) groups is 1. The number of rotatable bonds is 5. The molecule has 0 aliphatic heterocycles. The van der Waals surface area contributed by atoms with Gasteiger partial charge in [-0.3, -0.25) is 4.98 Å². The van der Waals surface area contributed by atoms with Gasteiger partial charge in [-0.2, -0.15) is 0 Å². The summed E-state index contributed by atoms with van der Waals surface area (Å²) in [5.74, 6) is 1.07. The van der Waals surface area contributed by atoms with Crippen LogP contribution in [0.5, 0.6) is 0 Å². The van der Waals surface area contributed by atoms with Gasteiger partial charge in [-0.15, -0.1) is 11.3 Å². The number of hydrogen-bond acceptors (Lipinski definition) is 5. The van der Waals surface area contributed by atoms with Crippen molar-refractivity contribution in [3.05, 3.63) is 23.5 Å². The van der Waals surface area contributed by atoms with Crippen molar-refractivity contribution >= 4 is 38.7 Å². The summed E-state index contributed by atoms with van der Waals surface area (Å²) in [6.45, 7) is 6.20. The van der Waals surface area contributed by atoms with Crippen LogP contribution >= 0.6 is 11.3 Å². The topological polar surface area (TPSA) is 91.5 Å². The summed E-state index contributed by atoms with van der Waals surface area (Å²) in [5.41, 5.74) is 2.86. The number of imidazole rings is 1. The molecule has 3 heterocycles. The first-order valence-electron chi connectivity index (χ1n) is 10.3. The van der Waals surface area contributed by atoms with Crippen molar-refractivity contribution < 1.29 is 15.0 Å². The van der Waals surface area contributed by atoms with E-state index in [-0.39, 0.29) is 12.1 Å². The predicted octanol–water partition coefficient (Wildman–Crippen LogP) is 4.82. The average molecular weight is 417 g/mol. The van der Waals surface area contributed by atoms with Crippen LogP contribution < -0.4 is 0 Å². The van der Waals surface area contributed by atoms with Crippen molar-refractivity contribution in [1.29, 1.82) is 0 Å². The third kappa shape index (κ3) is 3.71. The Morgan fingerprint density at radius 2 is 2.00 bits per heavy atom. The zero-order chi connectivity index (χ0) is 20.7. The first-order chi connectivity index (χ1) is 13.9. The second-order valence-electron chi connectivity index (χ2n) is 8.35. The molecule has 7 nitrogen and oxygen atoms in total. The molecule has 0 spiro atoms. The van der Waals surface area contributed by atoms with Crippen LogP contribution in [0.4, 0.5) is 4.79 Å². The number of pyridine rings is 1.